The van der Waals surface area contributed by atoms with Gasteiger partial charge in [0.15, 0.2) is 11.5 Å². The van der Waals surface area contributed by atoms with Crippen molar-refractivity contribution in [2.45, 2.75) is 6.42 Å². The summed E-state index contributed by atoms with van der Waals surface area (Å²) < 4.78 is 16.1. The zero-order chi connectivity index (χ0) is 15.2. The quantitative estimate of drug-likeness (QED) is 0.830. The van der Waals surface area contributed by atoms with Crippen LogP contribution in [0.25, 0.3) is 0 Å². The van der Waals surface area contributed by atoms with E-state index in [0.717, 1.165) is 11.3 Å². The minimum absolute atomic E-state index is 0.0134. The fraction of sp³-hybridized carbons (Fsp3) is 0.235. The van der Waals surface area contributed by atoms with Gasteiger partial charge in [-0.25, -0.2) is 0 Å². The molecular formula is C17H17NO4. The minimum atomic E-state index is -0.0134. The third kappa shape index (κ3) is 3.69. The van der Waals surface area contributed by atoms with Crippen LogP contribution in [0.2, 0.25) is 0 Å². The summed E-state index contributed by atoms with van der Waals surface area (Å²) in [4.78, 5) is 11.8. The average Bonchev–Trinajstić information content (AvgIpc) is 3.00. The molecule has 0 aliphatic carbocycles. The lowest BCUT2D eigenvalue weighted by Gasteiger charge is -2.08. The van der Waals surface area contributed by atoms with E-state index in [1.807, 2.05) is 42.5 Å². The summed E-state index contributed by atoms with van der Waals surface area (Å²) >= 11 is 0. The monoisotopic (exact) mass is 299 g/mol. The molecule has 0 spiro atoms. The van der Waals surface area contributed by atoms with Crippen LogP contribution in [0.5, 0.6) is 17.2 Å². The molecule has 0 fully saturated rings. The van der Waals surface area contributed by atoms with Crippen molar-refractivity contribution in [2.75, 3.05) is 19.9 Å². The lowest BCUT2D eigenvalue weighted by Crippen LogP contribution is -2.29. The fourth-order valence-electron chi connectivity index (χ4n) is 2.17. The molecule has 0 bridgehead atoms. The molecule has 2 aromatic carbocycles. The maximum Gasteiger partial charge on any atom is 0.231 e. The van der Waals surface area contributed by atoms with Crippen LogP contribution in [0.3, 0.4) is 0 Å². The van der Waals surface area contributed by atoms with Crippen LogP contribution < -0.4 is 19.5 Å². The Kier molecular flexibility index (Phi) is 4.44. The van der Waals surface area contributed by atoms with E-state index in [9.17, 15) is 4.79 Å². The zero-order valence-corrected chi connectivity index (χ0v) is 12.1. The largest absolute Gasteiger partial charge is 0.492 e. The standard InChI is InChI=1S/C17H17NO4/c19-17(10-13-4-2-1-3-5-13)18-8-9-20-14-6-7-15-16(11-14)22-12-21-15/h1-7,11H,8-10,12H2,(H,18,19). The van der Waals surface area contributed by atoms with Gasteiger partial charge in [0.25, 0.3) is 0 Å². The molecular weight excluding hydrogens is 282 g/mol. The molecule has 3 rings (SSSR count). The lowest BCUT2D eigenvalue weighted by atomic mass is 10.1. The summed E-state index contributed by atoms with van der Waals surface area (Å²) in [5.74, 6) is 2.09. The Balaban J connectivity index is 1.39. The topological polar surface area (TPSA) is 56.8 Å². The van der Waals surface area contributed by atoms with Gasteiger partial charge in [-0.15, -0.1) is 0 Å². The second kappa shape index (κ2) is 6.85. The Morgan fingerprint density at radius 2 is 1.91 bits per heavy atom. The molecule has 1 aliphatic heterocycles. The Morgan fingerprint density at radius 3 is 2.77 bits per heavy atom. The van der Waals surface area contributed by atoms with Gasteiger partial charge in [0.1, 0.15) is 12.4 Å². The van der Waals surface area contributed by atoms with Crippen molar-refractivity contribution in [3.63, 3.8) is 0 Å². The molecule has 5 nitrogen and oxygen atoms in total. The predicted octanol–water partition coefficient (Wildman–Crippen LogP) is 2.15. The molecule has 1 heterocycles. The van der Waals surface area contributed by atoms with E-state index in [0.29, 0.717) is 31.1 Å². The van der Waals surface area contributed by atoms with Crippen molar-refractivity contribution in [1.82, 2.24) is 5.32 Å². The summed E-state index contributed by atoms with van der Waals surface area (Å²) in [6, 6.07) is 15.1. The SMILES string of the molecule is O=C(Cc1ccccc1)NCCOc1ccc2c(c1)OCO2. The zero-order valence-electron chi connectivity index (χ0n) is 12.1. The van der Waals surface area contributed by atoms with Crippen LogP contribution in [0.15, 0.2) is 48.5 Å². The summed E-state index contributed by atoms with van der Waals surface area (Å²) in [6.07, 6.45) is 0.380. The first-order chi connectivity index (χ1) is 10.8. The van der Waals surface area contributed by atoms with Crippen LogP contribution in [-0.2, 0) is 11.2 Å². The molecule has 0 aromatic heterocycles. The van der Waals surface area contributed by atoms with Gasteiger partial charge < -0.3 is 19.5 Å². The van der Waals surface area contributed by atoms with Crippen LogP contribution in [-0.4, -0.2) is 25.9 Å². The number of rotatable bonds is 6. The van der Waals surface area contributed by atoms with E-state index < -0.39 is 0 Å². The minimum Gasteiger partial charge on any atom is -0.492 e. The van der Waals surface area contributed by atoms with Gasteiger partial charge in [0.2, 0.25) is 12.7 Å². The van der Waals surface area contributed by atoms with E-state index in [-0.39, 0.29) is 12.7 Å². The number of hydrogen-bond acceptors (Lipinski definition) is 4. The maximum atomic E-state index is 11.8. The van der Waals surface area contributed by atoms with Gasteiger partial charge in [-0.1, -0.05) is 30.3 Å². The number of amides is 1. The van der Waals surface area contributed by atoms with E-state index in [1.54, 1.807) is 6.07 Å². The van der Waals surface area contributed by atoms with Crippen LogP contribution >= 0.6 is 0 Å². The molecule has 1 N–H and O–H groups in total. The normalized spacial score (nSPS) is 12.0. The molecule has 0 radical (unpaired) electrons. The summed E-state index contributed by atoms with van der Waals surface area (Å²) in [5.41, 5.74) is 0.997. The summed E-state index contributed by atoms with van der Waals surface area (Å²) in [6.45, 7) is 1.11. The van der Waals surface area contributed by atoms with Crippen molar-refractivity contribution in [2.24, 2.45) is 0 Å². The number of nitrogens with one attached hydrogen (secondary N) is 1. The Bertz CT molecular complexity index is 642. The first-order valence-electron chi connectivity index (χ1n) is 7.14. The number of benzene rings is 2. The first kappa shape index (κ1) is 14.3. The van der Waals surface area contributed by atoms with Crippen molar-refractivity contribution >= 4 is 5.91 Å². The summed E-state index contributed by atoms with van der Waals surface area (Å²) in [5, 5.41) is 2.83. The molecule has 0 atom stereocenters. The average molecular weight is 299 g/mol. The van der Waals surface area contributed by atoms with Crippen molar-refractivity contribution < 1.29 is 19.0 Å². The molecule has 5 heteroatoms. The Hall–Kier alpha value is -2.69. The summed E-state index contributed by atoms with van der Waals surface area (Å²) in [7, 11) is 0. The molecule has 22 heavy (non-hydrogen) atoms. The Labute approximate surface area is 128 Å². The van der Waals surface area contributed by atoms with Crippen LogP contribution in [0, 0.1) is 0 Å². The molecule has 1 amide bonds. The van der Waals surface area contributed by atoms with Gasteiger partial charge in [-0.05, 0) is 17.7 Å². The van der Waals surface area contributed by atoms with Gasteiger partial charge in [-0.2, -0.15) is 0 Å². The molecule has 0 saturated heterocycles. The van der Waals surface area contributed by atoms with Crippen molar-refractivity contribution in [3.05, 3.63) is 54.1 Å². The van der Waals surface area contributed by atoms with Gasteiger partial charge in [0.05, 0.1) is 13.0 Å². The number of carbonyl (C=O) groups excluding carboxylic acids is 1. The first-order valence-corrected chi connectivity index (χ1v) is 7.14. The van der Waals surface area contributed by atoms with Gasteiger partial charge >= 0.3 is 0 Å². The smallest absolute Gasteiger partial charge is 0.231 e. The molecule has 0 unspecified atom stereocenters. The van der Waals surface area contributed by atoms with E-state index in [2.05, 4.69) is 5.32 Å². The van der Waals surface area contributed by atoms with Crippen molar-refractivity contribution in [3.8, 4) is 17.2 Å². The number of hydrogen-bond donors (Lipinski definition) is 1. The lowest BCUT2D eigenvalue weighted by molar-refractivity contribution is -0.120. The second-order valence-corrected chi connectivity index (χ2v) is 4.88. The molecule has 0 saturated carbocycles. The predicted molar refractivity (Wildman–Crippen MR) is 81.2 cm³/mol. The molecule has 2 aromatic rings. The van der Waals surface area contributed by atoms with Crippen molar-refractivity contribution in [1.29, 1.82) is 0 Å². The second-order valence-electron chi connectivity index (χ2n) is 4.88. The highest BCUT2D eigenvalue weighted by atomic mass is 16.7. The molecule has 114 valence electrons. The third-order valence-electron chi connectivity index (χ3n) is 3.24. The van der Waals surface area contributed by atoms with Gasteiger partial charge in [-0.3, -0.25) is 4.79 Å². The highest BCUT2D eigenvalue weighted by Gasteiger charge is 2.13. The maximum absolute atomic E-state index is 11.8. The third-order valence-corrected chi connectivity index (χ3v) is 3.24. The number of ether oxygens (including phenoxy) is 3. The van der Waals surface area contributed by atoms with Gasteiger partial charge in [0, 0.05) is 6.07 Å². The highest BCUT2D eigenvalue weighted by molar-refractivity contribution is 5.78. The number of carbonyl (C=O) groups is 1. The van der Waals surface area contributed by atoms with E-state index in [1.165, 1.54) is 0 Å². The van der Waals surface area contributed by atoms with E-state index in [4.69, 9.17) is 14.2 Å². The highest BCUT2D eigenvalue weighted by Crippen LogP contribution is 2.34. The van der Waals surface area contributed by atoms with Crippen LogP contribution in [0.1, 0.15) is 5.56 Å². The number of fused-ring (bicyclic) bond motifs is 1. The molecule has 1 aliphatic rings. The van der Waals surface area contributed by atoms with E-state index >= 15 is 0 Å². The van der Waals surface area contributed by atoms with Crippen LogP contribution in [0.4, 0.5) is 0 Å². The Morgan fingerprint density at radius 1 is 1.09 bits per heavy atom. The fourth-order valence-corrected chi connectivity index (χ4v) is 2.17.